The van der Waals surface area contributed by atoms with Crippen molar-refractivity contribution < 1.29 is 14.3 Å². The highest BCUT2D eigenvalue weighted by molar-refractivity contribution is 8.26. The van der Waals surface area contributed by atoms with Crippen LogP contribution in [0.3, 0.4) is 0 Å². The first kappa shape index (κ1) is 24.7. The van der Waals surface area contributed by atoms with E-state index in [0.717, 1.165) is 34.4 Å². The van der Waals surface area contributed by atoms with Crippen LogP contribution in [0.4, 0.5) is 5.69 Å². The van der Waals surface area contributed by atoms with Gasteiger partial charge in [0, 0.05) is 17.8 Å². The SMILES string of the molecule is Cc1cc(C)cc(NC(=O)COc2ccccc2/C=C2\SC(=S)N(CCc3ccccc3)C2=O)c1. The number of thiocarbonyl (C=S) groups is 1. The molecule has 0 aromatic heterocycles. The topological polar surface area (TPSA) is 58.6 Å². The van der Waals surface area contributed by atoms with E-state index in [1.54, 1.807) is 17.0 Å². The number of thioether (sulfide) groups is 1. The van der Waals surface area contributed by atoms with Crippen LogP contribution in [0.5, 0.6) is 5.75 Å². The van der Waals surface area contributed by atoms with Gasteiger partial charge in [0.05, 0.1) is 4.91 Å². The van der Waals surface area contributed by atoms with E-state index in [1.807, 2.05) is 80.6 Å². The minimum atomic E-state index is -0.253. The van der Waals surface area contributed by atoms with Gasteiger partial charge >= 0.3 is 0 Å². The molecule has 35 heavy (non-hydrogen) atoms. The number of carbonyl (C=O) groups is 2. The quantitative estimate of drug-likeness (QED) is 0.313. The molecule has 178 valence electrons. The van der Waals surface area contributed by atoms with Gasteiger partial charge in [-0.2, -0.15) is 0 Å². The van der Waals surface area contributed by atoms with Crippen molar-refractivity contribution in [2.24, 2.45) is 0 Å². The summed E-state index contributed by atoms with van der Waals surface area (Å²) < 4.78 is 6.36. The van der Waals surface area contributed by atoms with E-state index in [1.165, 1.54) is 11.8 Å². The van der Waals surface area contributed by atoms with Crippen LogP contribution in [0, 0.1) is 13.8 Å². The largest absolute Gasteiger partial charge is 0.483 e. The van der Waals surface area contributed by atoms with E-state index in [9.17, 15) is 9.59 Å². The molecule has 5 nitrogen and oxygen atoms in total. The predicted molar refractivity (Wildman–Crippen MR) is 147 cm³/mol. The molecule has 1 aliphatic heterocycles. The number of carbonyl (C=O) groups excluding carboxylic acids is 2. The van der Waals surface area contributed by atoms with Gasteiger partial charge in [-0.1, -0.05) is 78.6 Å². The molecule has 0 saturated carbocycles. The molecule has 1 aliphatic rings. The Bertz CT molecular complexity index is 1270. The third kappa shape index (κ3) is 6.59. The minimum Gasteiger partial charge on any atom is -0.483 e. The van der Waals surface area contributed by atoms with Crippen LogP contribution in [0.2, 0.25) is 0 Å². The van der Waals surface area contributed by atoms with Gasteiger partial charge in [-0.3, -0.25) is 14.5 Å². The molecule has 1 saturated heterocycles. The van der Waals surface area contributed by atoms with Gasteiger partial charge in [-0.25, -0.2) is 0 Å². The van der Waals surface area contributed by atoms with E-state index in [-0.39, 0.29) is 18.4 Å². The third-order valence-corrected chi connectivity index (χ3v) is 6.79. The summed E-state index contributed by atoms with van der Waals surface area (Å²) in [4.78, 5) is 27.7. The first-order chi connectivity index (χ1) is 16.9. The molecule has 3 aromatic carbocycles. The van der Waals surface area contributed by atoms with Crippen molar-refractivity contribution in [2.75, 3.05) is 18.5 Å². The lowest BCUT2D eigenvalue weighted by atomic mass is 10.1. The summed E-state index contributed by atoms with van der Waals surface area (Å²) in [5, 5.41) is 2.87. The molecule has 0 atom stereocenters. The van der Waals surface area contributed by atoms with Crippen LogP contribution in [0.1, 0.15) is 22.3 Å². The molecular formula is C28H26N2O3S2. The summed E-state index contributed by atoms with van der Waals surface area (Å²) in [6.07, 6.45) is 2.51. The van der Waals surface area contributed by atoms with Crippen molar-refractivity contribution in [3.05, 3.63) is 100.0 Å². The Hall–Kier alpha value is -3.42. The normalized spacial score (nSPS) is 14.5. The fourth-order valence-corrected chi connectivity index (χ4v) is 5.14. The number of nitrogens with one attached hydrogen (secondary N) is 1. The monoisotopic (exact) mass is 502 g/mol. The van der Waals surface area contributed by atoms with E-state index < -0.39 is 0 Å². The standard InChI is InChI=1S/C28H26N2O3S2/c1-19-14-20(2)16-23(15-19)29-26(31)18-33-24-11-7-6-10-22(24)17-25-27(32)30(28(34)35-25)13-12-21-8-4-3-5-9-21/h3-11,14-17H,12-13,18H2,1-2H3,(H,29,31)/b25-17-. The number of rotatable bonds is 8. The third-order valence-electron chi connectivity index (χ3n) is 5.41. The van der Waals surface area contributed by atoms with Crippen molar-refractivity contribution in [3.63, 3.8) is 0 Å². The maximum atomic E-state index is 13.0. The van der Waals surface area contributed by atoms with Gasteiger partial charge in [0.1, 0.15) is 10.1 Å². The van der Waals surface area contributed by atoms with Crippen LogP contribution in [0.15, 0.2) is 77.7 Å². The molecule has 4 rings (SSSR count). The van der Waals surface area contributed by atoms with Gasteiger partial charge in [-0.05, 0) is 61.2 Å². The van der Waals surface area contributed by atoms with Crippen molar-refractivity contribution in [3.8, 4) is 5.75 Å². The van der Waals surface area contributed by atoms with E-state index in [0.29, 0.717) is 21.5 Å². The molecule has 0 bridgehead atoms. The maximum Gasteiger partial charge on any atom is 0.266 e. The number of aryl methyl sites for hydroxylation is 2. The molecule has 0 radical (unpaired) electrons. The zero-order chi connectivity index (χ0) is 24.8. The Morgan fingerprint density at radius 2 is 1.71 bits per heavy atom. The first-order valence-corrected chi connectivity index (χ1v) is 12.5. The number of nitrogens with zero attached hydrogens (tertiary/aromatic N) is 1. The number of benzene rings is 3. The number of hydrogen-bond acceptors (Lipinski definition) is 5. The van der Waals surface area contributed by atoms with Gasteiger partial charge in [-0.15, -0.1) is 0 Å². The molecular weight excluding hydrogens is 476 g/mol. The number of ether oxygens (including phenoxy) is 1. The fraction of sp³-hybridized carbons (Fsp3) is 0.179. The average molecular weight is 503 g/mol. The molecule has 1 heterocycles. The van der Waals surface area contributed by atoms with Crippen LogP contribution >= 0.6 is 24.0 Å². The Balaban J connectivity index is 1.41. The lowest BCUT2D eigenvalue weighted by Gasteiger charge is -2.14. The van der Waals surface area contributed by atoms with Crippen molar-refractivity contribution in [2.45, 2.75) is 20.3 Å². The number of anilines is 1. The fourth-order valence-electron chi connectivity index (χ4n) is 3.84. The van der Waals surface area contributed by atoms with E-state index in [2.05, 4.69) is 5.32 Å². The van der Waals surface area contributed by atoms with E-state index in [4.69, 9.17) is 17.0 Å². The summed E-state index contributed by atoms with van der Waals surface area (Å²) in [5.74, 6) is 0.160. The number of para-hydroxylation sites is 1. The number of hydrogen-bond donors (Lipinski definition) is 1. The molecule has 0 spiro atoms. The second-order valence-corrected chi connectivity index (χ2v) is 10.00. The van der Waals surface area contributed by atoms with Gasteiger partial charge in [0.2, 0.25) is 0 Å². The molecule has 0 aliphatic carbocycles. The highest BCUT2D eigenvalue weighted by atomic mass is 32.2. The highest BCUT2D eigenvalue weighted by Crippen LogP contribution is 2.34. The van der Waals surface area contributed by atoms with Crippen LogP contribution < -0.4 is 10.1 Å². The Kier molecular flexibility index (Phi) is 8.00. The van der Waals surface area contributed by atoms with E-state index >= 15 is 0 Å². The highest BCUT2D eigenvalue weighted by Gasteiger charge is 2.31. The minimum absolute atomic E-state index is 0.113. The summed E-state index contributed by atoms with van der Waals surface area (Å²) in [5.41, 5.74) is 4.77. The zero-order valence-electron chi connectivity index (χ0n) is 19.6. The smallest absolute Gasteiger partial charge is 0.266 e. The second-order valence-electron chi connectivity index (χ2n) is 8.32. The summed E-state index contributed by atoms with van der Waals surface area (Å²) in [7, 11) is 0. The maximum absolute atomic E-state index is 13.0. The summed E-state index contributed by atoms with van der Waals surface area (Å²) >= 11 is 6.75. The van der Waals surface area contributed by atoms with Crippen LogP contribution in [-0.4, -0.2) is 34.2 Å². The number of amides is 2. The Morgan fingerprint density at radius 3 is 2.46 bits per heavy atom. The van der Waals surface area contributed by atoms with Crippen molar-refractivity contribution >= 4 is 51.9 Å². The Labute approximate surface area is 215 Å². The zero-order valence-corrected chi connectivity index (χ0v) is 21.2. The van der Waals surface area contributed by atoms with Gasteiger partial charge in [0.15, 0.2) is 6.61 Å². The Morgan fingerprint density at radius 1 is 1.03 bits per heavy atom. The predicted octanol–water partition coefficient (Wildman–Crippen LogP) is 5.76. The second kappa shape index (κ2) is 11.3. The van der Waals surface area contributed by atoms with Crippen LogP contribution in [-0.2, 0) is 16.0 Å². The van der Waals surface area contributed by atoms with Gasteiger partial charge < -0.3 is 10.1 Å². The van der Waals surface area contributed by atoms with Crippen molar-refractivity contribution in [1.82, 2.24) is 4.90 Å². The van der Waals surface area contributed by atoms with Crippen molar-refractivity contribution in [1.29, 1.82) is 0 Å². The first-order valence-electron chi connectivity index (χ1n) is 11.3. The van der Waals surface area contributed by atoms with Crippen LogP contribution in [0.25, 0.3) is 6.08 Å². The lowest BCUT2D eigenvalue weighted by molar-refractivity contribution is -0.122. The lowest BCUT2D eigenvalue weighted by Crippen LogP contribution is -2.30. The summed E-state index contributed by atoms with van der Waals surface area (Å²) in [6.45, 7) is 4.36. The molecule has 1 N–H and O–H groups in total. The average Bonchev–Trinajstić information content (AvgIpc) is 3.09. The molecule has 0 unspecified atom stereocenters. The summed E-state index contributed by atoms with van der Waals surface area (Å²) in [6, 6.07) is 23.2. The molecule has 3 aromatic rings. The van der Waals surface area contributed by atoms with Gasteiger partial charge in [0.25, 0.3) is 11.8 Å². The molecule has 2 amide bonds. The molecule has 7 heteroatoms. The molecule has 1 fully saturated rings.